The molecule has 1 amide bonds. The van der Waals surface area contributed by atoms with E-state index in [2.05, 4.69) is 11.4 Å². The van der Waals surface area contributed by atoms with Crippen LogP contribution in [0, 0.1) is 11.3 Å². The number of para-hydroxylation sites is 2. The second kappa shape index (κ2) is 7.68. The van der Waals surface area contributed by atoms with Crippen LogP contribution in [0.5, 0.6) is 5.75 Å². The standard InChI is InChI=1S/C23H16N2O3/c24-14-16-7-6-8-17(13-16)25-23(26)22-20(15-27-18-9-2-1-3-10-18)19-11-4-5-12-21(19)28-22/h1-13H,15H2,(H,25,26). The smallest absolute Gasteiger partial charge is 0.291 e. The van der Waals surface area contributed by atoms with Gasteiger partial charge in [0.1, 0.15) is 17.9 Å². The zero-order valence-corrected chi connectivity index (χ0v) is 14.9. The van der Waals surface area contributed by atoms with Crippen molar-refractivity contribution in [3.63, 3.8) is 0 Å². The quantitative estimate of drug-likeness (QED) is 0.529. The fourth-order valence-electron chi connectivity index (χ4n) is 2.95. The Bertz CT molecular complexity index is 1170. The minimum absolute atomic E-state index is 0.194. The SMILES string of the molecule is N#Cc1cccc(NC(=O)c2oc3ccccc3c2COc2ccccc2)c1. The molecule has 4 aromatic rings. The minimum Gasteiger partial charge on any atom is -0.489 e. The van der Waals surface area contributed by atoms with Gasteiger partial charge in [-0.1, -0.05) is 42.5 Å². The zero-order valence-electron chi connectivity index (χ0n) is 14.9. The largest absolute Gasteiger partial charge is 0.489 e. The van der Waals surface area contributed by atoms with Crippen molar-refractivity contribution in [3.8, 4) is 11.8 Å². The van der Waals surface area contributed by atoms with Gasteiger partial charge in [-0.15, -0.1) is 0 Å². The molecule has 1 N–H and O–H groups in total. The Hall–Kier alpha value is -4.04. The van der Waals surface area contributed by atoms with E-state index in [9.17, 15) is 4.79 Å². The number of hydrogen-bond acceptors (Lipinski definition) is 4. The molecule has 0 bridgehead atoms. The van der Waals surface area contributed by atoms with Crippen molar-refractivity contribution in [2.24, 2.45) is 0 Å². The first-order chi connectivity index (χ1) is 13.7. The summed E-state index contributed by atoms with van der Waals surface area (Å²) < 4.78 is 11.7. The third-order valence-corrected chi connectivity index (χ3v) is 4.28. The molecule has 0 fully saturated rings. The number of rotatable bonds is 5. The number of nitrogens with zero attached hydrogens (tertiary/aromatic N) is 1. The van der Waals surface area contributed by atoms with E-state index >= 15 is 0 Å². The van der Waals surface area contributed by atoms with Crippen LogP contribution in [-0.4, -0.2) is 5.91 Å². The van der Waals surface area contributed by atoms with Crippen molar-refractivity contribution < 1.29 is 13.9 Å². The highest BCUT2D eigenvalue weighted by Crippen LogP contribution is 2.28. The van der Waals surface area contributed by atoms with Gasteiger partial charge in [-0.2, -0.15) is 5.26 Å². The Balaban J connectivity index is 1.65. The number of carbonyl (C=O) groups excluding carboxylic acids is 1. The van der Waals surface area contributed by atoms with Crippen LogP contribution in [0.15, 0.2) is 83.3 Å². The predicted molar refractivity (Wildman–Crippen MR) is 106 cm³/mol. The summed E-state index contributed by atoms with van der Waals surface area (Å²) in [6, 6.07) is 25.6. The summed E-state index contributed by atoms with van der Waals surface area (Å²) >= 11 is 0. The molecule has 0 radical (unpaired) electrons. The third kappa shape index (κ3) is 3.57. The molecule has 5 heteroatoms. The van der Waals surface area contributed by atoms with Gasteiger partial charge in [0.2, 0.25) is 0 Å². The molecule has 3 aromatic carbocycles. The highest BCUT2D eigenvalue weighted by atomic mass is 16.5. The molecule has 4 rings (SSSR count). The molecular formula is C23H16N2O3. The number of anilines is 1. The summed E-state index contributed by atoms with van der Waals surface area (Å²) in [4.78, 5) is 12.9. The van der Waals surface area contributed by atoms with Gasteiger partial charge >= 0.3 is 0 Å². The maximum Gasteiger partial charge on any atom is 0.291 e. The van der Waals surface area contributed by atoms with Gasteiger partial charge in [0, 0.05) is 16.6 Å². The zero-order chi connectivity index (χ0) is 19.3. The lowest BCUT2D eigenvalue weighted by Gasteiger charge is -2.08. The number of fused-ring (bicyclic) bond motifs is 1. The molecule has 1 aromatic heterocycles. The Morgan fingerprint density at radius 1 is 1.00 bits per heavy atom. The monoisotopic (exact) mass is 368 g/mol. The van der Waals surface area contributed by atoms with Gasteiger partial charge in [-0.25, -0.2) is 0 Å². The summed E-state index contributed by atoms with van der Waals surface area (Å²) in [5.41, 5.74) is 2.29. The second-order valence-electron chi connectivity index (χ2n) is 6.15. The van der Waals surface area contributed by atoms with Gasteiger partial charge in [-0.3, -0.25) is 4.79 Å². The van der Waals surface area contributed by atoms with Gasteiger partial charge in [0.05, 0.1) is 11.6 Å². The third-order valence-electron chi connectivity index (χ3n) is 4.28. The molecule has 0 aliphatic heterocycles. The van der Waals surface area contributed by atoms with Crippen LogP contribution in [-0.2, 0) is 6.61 Å². The molecule has 136 valence electrons. The van der Waals surface area contributed by atoms with E-state index in [4.69, 9.17) is 14.4 Å². The Labute approximate surface area is 161 Å². The molecule has 0 saturated heterocycles. The number of carbonyl (C=O) groups is 1. The molecule has 0 aliphatic rings. The fourth-order valence-corrected chi connectivity index (χ4v) is 2.95. The lowest BCUT2D eigenvalue weighted by atomic mass is 10.1. The van der Waals surface area contributed by atoms with Crippen molar-refractivity contribution in [2.45, 2.75) is 6.61 Å². The van der Waals surface area contributed by atoms with E-state index in [-0.39, 0.29) is 12.4 Å². The number of nitrogens with one attached hydrogen (secondary N) is 1. The van der Waals surface area contributed by atoms with Crippen molar-refractivity contribution in [1.29, 1.82) is 5.26 Å². The topological polar surface area (TPSA) is 75.3 Å². The predicted octanol–water partition coefficient (Wildman–Crippen LogP) is 5.14. The van der Waals surface area contributed by atoms with Gasteiger partial charge in [-0.05, 0) is 36.4 Å². The molecule has 0 spiro atoms. The Morgan fingerprint density at radius 2 is 1.79 bits per heavy atom. The molecule has 28 heavy (non-hydrogen) atoms. The molecule has 5 nitrogen and oxygen atoms in total. The van der Waals surface area contributed by atoms with Crippen molar-refractivity contribution in [3.05, 3.63) is 95.7 Å². The summed E-state index contributed by atoms with van der Waals surface area (Å²) in [6.45, 7) is 0.196. The molecule has 0 aliphatic carbocycles. The van der Waals surface area contributed by atoms with E-state index in [1.165, 1.54) is 0 Å². The first-order valence-electron chi connectivity index (χ1n) is 8.74. The summed E-state index contributed by atoms with van der Waals surface area (Å²) in [5.74, 6) is 0.512. The van der Waals surface area contributed by atoms with E-state index in [1.54, 1.807) is 24.3 Å². The minimum atomic E-state index is -0.391. The van der Waals surface area contributed by atoms with Gasteiger partial charge < -0.3 is 14.5 Å². The summed E-state index contributed by atoms with van der Waals surface area (Å²) in [6.07, 6.45) is 0. The summed E-state index contributed by atoms with van der Waals surface area (Å²) in [7, 11) is 0. The van der Waals surface area contributed by atoms with E-state index < -0.39 is 5.91 Å². The van der Waals surface area contributed by atoms with Crippen LogP contribution in [0.3, 0.4) is 0 Å². The van der Waals surface area contributed by atoms with Crippen molar-refractivity contribution >= 4 is 22.6 Å². The highest BCUT2D eigenvalue weighted by molar-refractivity contribution is 6.06. The van der Waals surface area contributed by atoms with Crippen LogP contribution in [0.2, 0.25) is 0 Å². The maximum absolute atomic E-state index is 12.9. The van der Waals surface area contributed by atoms with Crippen LogP contribution >= 0.6 is 0 Å². The maximum atomic E-state index is 12.9. The molecule has 0 saturated carbocycles. The highest BCUT2D eigenvalue weighted by Gasteiger charge is 2.21. The van der Waals surface area contributed by atoms with Gasteiger partial charge in [0.25, 0.3) is 5.91 Å². The molecule has 0 unspecified atom stereocenters. The number of amides is 1. The van der Waals surface area contributed by atoms with Crippen LogP contribution in [0.25, 0.3) is 11.0 Å². The normalized spacial score (nSPS) is 10.4. The lowest BCUT2D eigenvalue weighted by Crippen LogP contribution is -2.14. The Morgan fingerprint density at radius 3 is 2.61 bits per heavy atom. The molecule has 0 atom stereocenters. The number of benzene rings is 3. The number of hydrogen-bond donors (Lipinski definition) is 1. The Kier molecular flexibility index (Phi) is 4.77. The van der Waals surface area contributed by atoms with Crippen LogP contribution < -0.4 is 10.1 Å². The van der Waals surface area contributed by atoms with Crippen LogP contribution in [0.4, 0.5) is 5.69 Å². The second-order valence-corrected chi connectivity index (χ2v) is 6.15. The fraction of sp³-hybridized carbons (Fsp3) is 0.0435. The van der Waals surface area contributed by atoms with E-state index in [0.29, 0.717) is 28.1 Å². The lowest BCUT2D eigenvalue weighted by molar-refractivity contribution is 0.0995. The molecule has 1 heterocycles. The first kappa shape index (κ1) is 17.4. The van der Waals surface area contributed by atoms with E-state index in [0.717, 1.165) is 5.39 Å². The van der Waals surface area contributed by atoms with Crippen LogP contribution in [0.1, 0.15) is 21.7 Å². The summed E-state index contributed by atoms with van der Waals surface area (Å²) in [5, 5.41) is 12.7. The average Bonchev–Trinajstić information content (AvgIpc) is 3.12. The van der Waals surface area contributed by atoms with E-state index in [1.807, 2.05) is 54.6 Å². The average molecular weight is 368 g/mol. The first-order valence-corrected chi connectivity index (χ1v) is 8.74. The van der Waals surface area contributed by atoms with Crippen molar-refractivity contribution in [2.75, 3.05) is 5.32 Å². The number of furan rings is 1. The number of nitriles is 1. The van der Waals surface area contributed by atoms with Crippen molar-refractivity contribution in [1.82, 2.24) is 0 Å². The molecular weight excluding hydrogens is 352 g/mol. The number of ether oxygens (including phenoxy) is 1. The van der Waals surface area contributed by atoms with Gasteiger partial charge in [0.15, 0.2) is 5.76 Å².